The zero-order valence-electron chi connectivity index (χ0n) is 22.1. The van der Waals surface area contributed by atoms with Gasteiger partial charge in [-0.2, -0.15) is 4.31 Å². The van der Waals surface area contributed by atoms with Gasteiger partial charge >= 0.3 is 5.76 Å². The molecular weight excluding hydrogens is 628 g/mol. The van der Waals surface area contributed by atoms with E-state index in [1.165, 1.54) is 29.2 Å². The summed E-state index contributed by atoms with van der Waals surface area (Å²) in [6.45, 7) is 2.44. The summed E-state index contributed by atoms with van der Waals surface area (Å²) in [5.41, 5.74) is 0.772. The van der Waals surface area contributed by atoms with Crippen LogP contribution in [0.3, 0.4) is 0 Å². The van der Waals surface area contributed by atoms with Crippen LogP contribution in [0.25, 0.3) is 11.1 Å². The summed E-state index contributed by atoms with van der Waals surface area (Å²) in [5.74, 6) is -0.262. The number of halogens is 2. The van der Waals surface area contributed by atoms with E-state index in [0.29, 0.717) is 28.4 Å². The molecule has 1 amide bonds. The number of likely N-dealkylation sites (tertiary alicyclic amines) is 1. The maximum absolute atomic E-state index is 13.8. The van der Waals surface area contributed by atoms with E-state index in [9.17, 15) is 18.0 Å². The minimum atomic E-state index is -3.95. The van der Waals surface area contributed by atoms with Gasteiger partial charge in [0.15, 0.2) is 17.1 Å². The normalized spacial score (nSPS) is 18.9. The lowest BCUT2D eigenvalue weighted by atomic mass is 10.1. The van der Waals surface area contributed by atoms with E-state index in [0.717, 1.165) is 25.9 Å². The van der Waals surface area contributed by atoms with Gasteiger partial charge in [-0.15, -0.1) is 0 Å². The SMILES string of the molecule is COc1ccc(S(=O)(=O)N2CCN(C(=O)Cn3c(=O)oc4ccc(Cl)cc43)[C@H](CN3CCCC3)C2)c(Br)c1OC. The molecule has 0 aliphatic carbocycles. The molecule has 0 spiro atoms. The number of carbonyl (C=O) groups excluding carboxylic acids is 1. The number of oxazole rings is 1. The summed E-state index contributed by atoms with van der Waals surface area (Å²) in [5, 5.41) is 0.418. The Hall–Kier alpha value is -2.58. The lowest BCUT2D eigenvalue weighted by Gasteiger charge is -2.42. The molecule has 2 saturated heterocycles. The number of fused-ring (bicyclic) bond motifs is 1. The van der Waals surface area contributed by atoms with Gasteiger partial charge in [0.2, 0.25) is 15.9 Å². The molecule has 1 atom stereocenters. The highest BCUT2D eigenvalue weighted by atomic mass is 79.9. The first kappa shape index (κ1) is 28.9. The average Bonchev–Trinajstić information content (AvgIpc) is 3.55. The third kappa shape index (κ3) is 5.49. The third-order valence-corrected chi connectivity index (χ3v) is 10.6. The number of hydrogen-bond donors (Lipinski definition) is 0. The predicted molar refractivity (Wildman–Crippen MR) is 153 cm³/mol. The van der Waals surface area contributed by atoms with Crippen LogP contribution in [0.1, 0.15) is 12.8 Å². The van der Waals surface area contributed by atoms with Gasteiger partial charge in [-0.1, -0.05) is 11.6 Å². The van der Waals surface area contributed by atoms with Crippen molar-refractivity contribution in [1.29, 1.82) is 0 Å². The number of nitrogens with zero attached hydrogens (tertiary/aromatic N) is 4. The van der Waals surface area contributed by atoms with Gasteiger partial charge in [0.25, 0.3) is 0 Å². The average molecular weight is 658 g/mol. The van der Waals surface area contributed by atoms with Crippen LogP contribution in [0.4, 0.5) is 0 Å². The molecule has 3 aromatic rings. The second-order valence-electron chi connectivity index (χ2n) is 9.79. The predicted octanol–water partition coefficient (Wildman–Crippen LogP) is 3.03. The number of piperazine rings is 1. The fourth-order valence-electron chi connectivity index (χ4n) is 5.41. The van der Waals surface area contributed by atoms with Gasteiger partial charge in [0.1, 0.15) is 11.4 Å². The first-order valence-corrected chi connectivity index (χ1v) is 15.5. The molecule has 2 aliphatic rings. The Bertz CT molecular complexity index is 1590. The topological polar surface area (TPSA) is 115 Å². The van der Waals surface area contributed by atoms with Crippen LogP contribution in [0, 0.1) is 0 Å². The maximum Gasteiger partial charge on any atom is 0.420 e. The van der Waals surface area contributed by atoms with Gasteiger partial charge in [-0.05, 0) is 72.2 Å². The number of amides is 1. The Balaban J connectivity index is 1.42. The second kappa shape index (κ2) is 11.7. The van der Waals surface area contributed by atoms with E-state index in [4.69, 9.17) is 25.5 Å². The third-order valence-electron chi connectivity index (χ3n) is 7.42. The minimum Gasteiger partial charge on any atom is -0.493 e. The fraction of sp³-hybridized carbons (Fsp3) is 0.462. The highest BCUT2D eigenvalue weighted by Crippen LogP contribution is 2.40. The quantitative estimate of drug-likeness (QED) is 0.363. The summed E-state index contributed by atoms with van der Waals surface area (Å²) < 4.78 is 46.6. The van der Waals surface area contributed by atoms with Crippen LogP contribution in [0.15, 0.2) is 48.9 Å². The van der Waals surface area contributed by atoms with Crippen LogP contribution in [0.2, 0.25) is 5.02 Å². The van der Waals surface area contributed by atoms with E-state index in [1.807, 2.05) is 0 Å². The molecular formula is C26H30BrClN4O7S. The summed E-state index contributed by atoms with van der Waals surface area (Å²) in [6, 6.07) is 7.41. The molecule has 0 unspecified atom stereocenters. The second-order valence-corrected chi connectivity index (χ2v) is 12.9. The maximum atomic E-state index is 13.8. The van der Waals surface area contributed by atoms with Crippen molar-refractivity contribution in [3.8, 4) is 11.5 Å². The van der Waals surface area contributed by atoms with E-state index < -0.39 is 21.8 Å². The van der Waals surface area contributed by atoms with Gasteiger partial charge in [0, 0.05) is 31.2 Å². The van der Waals surface area contributed by atoms with Crippen molar-refractivity contribution in [1.82, 2.24) is 18.7 Å². The van der Waals surface area contributed by atoms with Crippen molar-refractivity contribution in [2.75, 3.05) is 53.5 Å². The number of benzene rings is 2. The van der Waals surface area contributed by atoms with Crippen LogP contribution >= 0.6 is 27.5 Å². The molecule has 5 rings (SSSR count). The molecule has 0 bridgehead atoms. The van der Waals surface area contributed by atoms with E-state index >= 15 is 0 Å². The highest BCUT2D eigenvalue weighted by Gasteiger charge is 2.39. The number of hydrogen-bond acceptors (Lipinski definition) is 8. The van der Waals surface area contributed by atoms with Gasteiger partial charge in [-0.25, -0.2) is 13.2 Å². The van der Waals surface area contributed by atoms with Crippen molar-refractivity contribution in [3.63, 3.8) is 0 Å². The summed E-state index contributed by atoms with van der Waals surface area (Å²) >= 11 is 9.51. The molecule has 11 nitrogen and oxygen atoms in total. The van der Waals surface area contributed by atoms with E-state index in [1.54, 1.807) is 29.2 Å². The molecule has 3 heterocycles. The Morgan fingerprint density at radius 3 is 2.55 bits per heavy atom. The van der Waals surface area contributed by atoms with Crippen LogP contribution in [0.5, 0.6) is 11.5 Å². The van der Waals surface area contributed by atoms with E-state index in [2.05, 4.69) is 20.8 Å². The van der Waals surface area contributed by atoms with Crippen molar-refractivity contribution in [3.05, 3.63) is 50.4 Å². The van der Waals surface area contributed by atoms with Gasteiger partial charge < -0.3 is 23.7 Å². The molecule has 0 saturated carbocycles. The largest absolute Gasteiger partial charge is 0.493 e. The van der Waals surface area contributed by atoms with Crippen molar-refractivity contribution < 1.29 is 27.1 Å². The smallest absolute Gasteiger partial charge is 0.420 e. The lowest BCUT2D eigenvalue weighted by Crippen LogP contribution is -2.60. The zero-order chi connectivity index (χ0) is 28.6. The summed E-state index contributed by atoms with van der Waals surface area (Å²) in [6.07, 6.45) is 2.11. The number of aromatic nitrogens is 1. The molecule has 2 fully saturated rings. The number of sulfonamides is 1. The monoisotopic (exact) mass is 656 g/mol. The Morgan fingerprint density at radius 1 is 1.10 bits per heavy atom. The van der Waals surface area contributed by atoms with Crippen LogP contribution in [-0.4, -0.2) is 92.5 Å². The van der Waals surface area contributed by atoms with Crippen molar-refractivity contribution in [2.45, 2.75) is 30.3 Å². The van der Waals surface area contributed by atoms with E-state index in [-0.39, 0.29) is 47.2 Å². The molecule has 2 aromatic carbocycles. The highest BCUT2D eigenvalue weighted by molar-refractivity contribution is 9.10. The number of carbonyl (C=O) groups is 1. The Labute approximate surface area is 245 Å². The molecule has 14 heteroatoms. The Kier molecular flexibility index (Phi) is 8.48. The minimum absolute atomic E-state index is 0.0538. The molecule has 2 aliphatic heterocycles. The van der Waals surface area contributed by atoms with Crippen LogP contribution < -0.4 is 15.2 Å². The summed E-state index contributed by atoms with van der Waals surface area (Å²) in [4.78, 5) is 30.2. The lowest BCUT2D eigenvalue weighted by molar-refractivity contribution is -0.136. The summed E-state index contributed by atoms with van der Waals surface area (Å²) in [7, 11) is -1.03. The fourth-order valence-corrected chi connectivity index (χ4v) is 8.21. The number of rotatable bonds is 8. The van der Waals surface area contributed by atoms with Gasteiger partial charge in [0.05, 0.1) is 30.3 Å². The van der Waals surface area contributed by atoms with Crippen molar-refractivity contribution in [2.24, 2.45) is 0 Å². The number of methoxy groups -OCH3 is 2. The molecule has 0 radical (unpaired) electrons. The molecule has 216 valence electrons. The molecule has 0 N–H and O–H groups in total. The molecule has 40 heavy (non-hydrogen) atoms. The molecule has 1 aromatic heterocycles. The number of ether oxygens (including phenoxy) is 2. The zero-order valence-corrected chi connectivity index (χ0v) is 25.3. The van der Waals surface area contributed by atoms with Crippen LogP contribution in [-0.2, 0) is 21.4 Å². The first-order chi connectivity index (χ1) is 19.1. The van der Waals surface area contributed by atoms with Crippen molar-refractivity contribution >= 4 is 54.6 Å². The van der Waals surface area contributed by atoms with Gasteiger partial charge in [-0.3, -0.25) is 9.36 Å². The first-order valence-electron chi connectivity index (χ1n) is 12.9. The standard InChI is InChI=1S/C26H30BrClN4O7S/c1-37-21-7-8-22(24(27)25(21)38-2)40(35,36)30-11-12-31(18(15-30)14-29-9-3-4-10-29)23(33)16-32-19-13-17(28)5-6-20(19)39-26(32)34/h5-8,13,18H,3-4,9-12,14-16H2,1-2H3/t18-/m1/s1. The Morgan fingerprint density at radius 2 is 1.85 bits per heavy atom.